The van der Waals surface area contributed by atoms with Crippen LogP contribution < -0.4 is 5.32 Å². The monoisotopic (exact) mass is 424 g/mol. The molecule has 150 valence electrons. The first-order chi connectivity index (χ1) is 13.2. The molecular weight excluding hydrogens is 404 g/mol. The van der Waals surface area contributed by atoms with E-state index in [2.05, 4.69) is 5.32 Å². The minimum absolute atomic E-state index is 0.000325. The zero-order valence-electron chi connectivity index (χ0n) is 15.4. The SMILES string of the molecule is C[C@@H]1CN(S(=O)(=O)c2ccc(Cl)c(C(=O)Nc3ccccc3O)c2)C[C@H](C)O1. The number of anilines is 1. The predicted octanol–water partition coefficient (Wildman–Crippen LogP) is 3.10. The van der Waals surface area contributed by atoms with E-state index in [9.17, 15) is 18.3 Å². The summed E-state index contributed by atoms with van der Waals surface area (Å²) in [5, 5.41) is 12.5. The number of rotatable bonds is 4. The van der Waals surface area contributed by atoms with Crippen molar-refractivity contribution in [3.63, 3.8) is 0 Å². The van der Waals surface area contributed by atoms with E-state index in [4.69, 9.17) is 16.3 Å². The second kappa shape index (κ2) is 8.08. The molecule has 1 saturated heterocycles. The highest BCUT2D eigenvalue weighted by Gasteiger charge is 2.32. The van der Waals surface area contributed by atoms with E-state index in [-0.39, 0.29) is 52.2 Å². The lowest BCUT2D eigenvalue weighted by Crippen LogP contribution is -2.48. The van der Waals surface area contributed by atoms with Crippen LogP contribution in [0.3, 0.4) is 0 Å². The van der Waals surface area contributed by atoms with Crippen molar-refractivity contribution in [3.8, 4) is 5.75 Å². The Morgan fingerprint density at radius 1 is 1.18 bits per heavy atom. The quantitative estimate of drug-likeness (QED) is 0.735. The molecule has 1 amide bonds. The van der Waals surface area contributed by atoms with E-state index in [1.54, 1.807) is 12.1 Å². The maximum atomic E-state index is 13.0. The average Bonchev–Trinajstić information content (AvgIpc) is 2.63. The molecule has 1 aliphatic heterocycles. The molecule has 0 radical (unpaired) electrons. The number of halogens is 1. The average molecular weight is 425 g/mol. The summed E-state index contributed by atoms with van der Waals surface area (Å²) in [6.07, 6.45) is -0.454. The molecular formula is C19H21ClN2O5S. The van der Waals surface area contributed by atoms with Crippen LogP contribution in [0, 0.1) is 0 Å². The maximum Gasteiger partial charge on any atom is 0.257 e. The number of sulfonamides is 1. The zero-order chi connectivity index (χ0) is 20.5. The third-order valence-corrected chi connectivity index (χ3v) is 6.52. The molecule has 9 heteroatoms. The molecule has 2 atom stereocenters. The molecule has 1 heterocycles. The first kappa shape index (κ1) is 20.6. The maximum absolute atomic E-state index is 13.0. The molecule has 0 aromatic heterocycles. The van der Waals surface area contributed by atoms with Crippen LogP contribution in [0.5, 0.6) is 5.75 Å². The molecule has 1 aliphatic rings. The van der Waals surface area contributed by atoms with Crippen LogP contribution in [0.2, 0.25) is 5.02 Å². The van der Waals surface area contributed by atoms with Gasteiger partial charge < -0.3 is 15.2 Å². The summed E-state index contributed by atoms with van der Waals surface area (Å²) in [4.78, 5) is 12.6. The number of morpholine rings is 1. The zero-order valence-corrected chi connectivity index (χ0v) is 17.0. The normalized spacial score (nSPS) is 20.7. The van der Waals surface area contributed by atoms with Crippen LogP contribution in [0.15, 0.2) is 47.4 Å². The lowest BCUT2D eigenvalue weighted by molar-refractivity contribution is -0.0440. The van der Waals surface area contributed by atoms with Crippen molar-refractivity contribution >= 4 is 33.2 Å². The summed E-state index contributed by atoms with van der Waals surface area (Å²) < 4.78 is 33.0. The summed E-state index contributed by atoms with van der Waals surface area (Å²) >= 11 is 6.13. The van der Waals surface area contributed by atoms with Gasteiger partial charge in [-0.15, -0.1) is 0 Å². The van der Waals surface area contributed by atoms with Gasteiger partial charge in [-0.1, -0.05) is 23.7 Å². The highest BCUT2D eigenvalue weighted by atomic mass is 35.5. The number of nitrogens with zero attached hydrogens (tertiary/aromatic N) is 1. The number of ether oxygens (including phenoxy) is 1. The third kappa shape index (κ3) is 4.30. The van der Waals surface area contributed by atoms with Gasteiger partial charge in [-0.05, 0) is 44.2 Å². The molecule has 2 N–H and O–H groups in total. The van der Waals surface area contributed by atoms with Crippen LogP contribution in [-0.2, 0) is 14.8 Å². The van der Waals surface area contributed by atoms with Crippen LogP contribution in [0.4, 0.5) is 5.69 Å². The van der Waals surface area contributed by atoms with E-state index in [1.807, 2.05) is 13.8 Å². The summed E-state index contributed by atoms with van der Waals surface area (Å²) in [5.41, 5.74) is 0.202. The lowest BCUT2D eigenvalue weighted by atomic mass is 10.2. The minimum atomic E-state index is -3.82. The fourth-order valence-electron chi connectivity index (χ4n) is 3.08. The van der Waals surface area contributed by atoms with Crippen molar-refractivity contribution in [2.45, 2.75) is 31.0 Å². The van der Waals surface area contributed by atoms with Gasteiger partial charge in [0.25, 0.3) is 5.91 Å². The van der Waals surface area contributed by atoms with Gasteiger partial charge in [-0.25, -0.2) is 8.42 Å². The summed E-state index contributed by atoms with van der Waals surface area (Å²) in [5.74, 6) is -0.723. The van der Waals surface area contributed by atoms with Crippen molar-refractivity contribution in [1.82, 2.24) is 4.31 Å². The fourth-order valence-corrected chi connectivity index (χ4v) is 4.90. The van der Waals surface area contributed by atoms with Gasteiger partial charge in [-0.2, -0.15) is 4.31 Å². The number of phenols is 1. The van der Waals surface area contributed by atoms with E-state index < -0.39 is 15.9 Å². The molecule has 2 aromatic rings. The third-order valence-electron chi connectivity index (χ3n) is 4.36. The summed E-state index contributed by atoms with van der Waals surface area (Å²) in [6, 6.07) is 10.2. The molecule has 0 bridgehead atoms. The van der Waals surface area contributed by atoms with Crippen LogP contribution in [-0.4, -0.2) is 49.0 Å². The van der Waals surface area contributed by atoms with E-state index in [1.165, 1.54) is 34.6 Å². The van der Waals surface area contributed by atoms with Crippen molar-refractivity contribution < 1.29 is 23.1 Å². The Morgan fingerprint density at radius 2 is 1.82 bits per heavy atom. The predicted molar refractivity (Wildman–Crippen MR) is 106 cm³/mol. The number of para-hydroxylation sites is 2. The lowest BCUT2D eigenvalue weighted by Gasteiger charge is -2.34. The number of phenolic OH excluding ortho intramolecular Hbond substituents is 1. The van der Waals surface area contributed by atoms with Gasteiger partial charge in [0, 0.05) is 13.1 Å². The number of carbonyl (C=O) groups excluding carboxylic acids is 1. The number of hydrogen-bond donors (Lipinski definition) is 2. The topological polar surface area (TPSA) is 95.9 Å². The van der Waals surface area contributed by atoms with Crippen molar-refractivity contribution in [1.29, 1.82) is 0 Å². The minimum Gasteiger partial charge on any atom is -0.506 e. The van der Waals surface area contributed by atoms with Gasteiger partial charge in [0.1, 0.15) is 5.75 Å². The molecule has 0 saturated carbocycles. The van der Waals surface area contributed by atoms with Crippen molar-refractivity contribution in [2.24, 2.45) is 0 Å². The molecule has 7 nitrogen and oxygen atoms in total. The smallest absolute Gasteiger partial charge is 0.257 e. The molecule has 2 aromatic carbocycles. The standard InChI is InChI=1S/C19H21ClN2O5S/c1-12-10-22(11-13(2)27-12)28(25,26)14-7-8-16(20)15(9-14)19(24)21-17-5-3-4-6-18(17)23/h3-9,12-13,23H,10-11H2,1-2H3,(H,21,24)/t12-,13+. The first-order valence-electron chi connectivity index (χ1n) is 8.73. The van der Waals surface area contributed by atoms with Crippen LogP contribution >= 0.6 is 11.6 Å². The van der Waals surface area contributed by atoms with Gasteiger partial charge >= 0.3 is 0 Å². The molecule has 3 rings (SSSR count). The van der Waals surface area contributed by atoms with Gasteiger partial charge in [-0.3, -0.25) is 4.79 Å². The summed E-state index contributed by atoms with van der Waals surface area (Å²) in [6.45, 7) is 4.08. The largest absolute Gasteiger partial charge is 0.506 e. The Labute approximate surface area is 168 Å². The Kier molecular flexibility index (Phi) is 5.95. The van der Waals surface area contributed by atoms with Gasteiger partial charge in [0.2, 0.25) is 10.0 Å². The number of amides is 1. The van der Waals surface area contributed by atoms with Crippen LogP contribution in [0.1, 0.15) is 24.2 Å². The summed E-state index contributed by atoms with van der Waals surface area (Å²) in [7, 11) is -3.82. The second-order valence-electron chi connectivity index (χ2n) is 6.69. The highest BCUT2D eigenvalue weighted by Crippen LogP contribution is 2.27. The molecule has 0 unspecified atom stereocenters. The second-order valence-corrected chi connectivity index (χ2v) is 9.04. The van der Waals surface area contributed by atoms with Crippen molar-refractivity contribution in [2.75, 3.05) is 18.4 Å². The number of hydrogen-bond acceptors (Lipinski definition) is 5. The number of benzene rings is 2. The molecule has 28 heavy (non-hydrogen) atoms. The number of nitrogens with one attached hydrogen (secondary N) is 1. The Bertz CT molecular complexity index is 986. The highest BCUT2D eigenvalue weighted by molar-refractivity contribution is 7.89. The molecule has 1 fully saturated rings. The Hall–Kier alpha value is -2.13. The van der Waals surface area contributed by atoms with E-state index >= 15 is 0 Å². The van der Waals surface area contributed by atoms with Gasteiger partial charge in [0.15, 0.2) is 0 Å². The van der Waals surface area contributed by atoms with E-state index in [0.29, 0.717) is 0 Å². The fraction of sp³-hybridized carbons (Fsp3) is 0.316. The number of aromatic hydroxyl groups is 1. The van der Waals surface area contributed by atoms with E-state index in [0.717, 1.165) is 0 Å². The number of carbonyl (C=O) groups is 1. The van der Waals surface area contributed by atoms with Crippen molar-refractivity contribution in [3.05, 3.63) is 53.1 Å². The first-order valence-corrected chi connectivity index (χ1v) is 10.5. The Morgan fingerprint density at radius 3 is 2.46 bits per heavy atom. The molecule has 0 spiro atoms. The molecule has 0 aliphatic carbocycles. The van der Waals surface area contributed by atoms with Crippen LogP contribution in [0.25, 0.3) is 0 Å². The Balaban J connectivity index is 1.90. The van der Waals surface area contributed by atoms with Gasteiger partial charge in [0.05, 0.1) is 33.4 Å².